The molecule has 0 unspecified atom stereocenters. The van der Waals surface area contributed by atoms with Gasteiger partial charge in [0, 0.05) is 17.1 Å². The van der Waals surface area contributed by atoms with Gasteiger partial charge in [0.15, 0.2) is 0 Å². The van der Waals surface area contributed by atoms with Crippen LogP contribution in [0.1, 0.15) is 30.2 Å². The molecular formula is C46H33N. The molecule has 0 aliphatic rings. The summed E-state index contributed by atoms with van der Waals surface area (Å²) >= 11 is 0. The molecule has 8 rings (SSSR count). The number of benzene rings is 8. The molecule has 0 bridgehead atoms. The molecule has 0 fully saturated rings. The molecule has 0 saturated heterocycles. The Kier molecular flexibility index (Phi) is 3.58. The molecule has 8 aromatic rings. The fourth-order valence-corrected chi connectivity index (χ4v) is 5.06. The molecule has 1 nitrogen and oxygen atoms in total. The van der Waals surface area contributed by atoms with Gasteiger partial charge in [0.1, 0.15) is 0 Å². The SMILES string of the molecule is [2H]c1c([2H])c([2H])c(-c2c([2H])c([2H])c(-c3c([2H])c([2H])c(N(c4cccc(-c5cccc6ccccc56)c4)c4c([2H])c([2H])c(-c5c([2H])c([2H])c([2H])c([2H])c5[2H])c([2H])c4[2H])c([2H])c3[2H])c([2H])c2[2H])c([2H])c1[2H]. The number of rotatable bonds is 7. The van der Waals surface area contributed by atoms with Gasteiger partial charge in [-0.25, -0.2) is 0 Å². The molecule has 8 aromatic carbocycles. The Labute approximate surface area is 307 Å². The lowest BCUT2D eigenvalue weighted by molar-refractivity contribution is 1.28. The summed E-state index contributed by atoms with van der Waals surface area (Å²) < 4.78 is 194. The summed E-state index contributed by atoms with van der Waals surface area (Å²) in [6, 6.07) is 0.361. The molecule has 222 valence electrons. The number of anilines is 3. The van der Waals surface area contributed by atoms with Gasteiger partial charge in [0.05, 0.1) is 30.2 Å². The van der Waals surface area contributed by atoms with Crippen molar-refractivity contribution in [3.8, 4) is 44.5 Å². The lowest BCUT2D eigenvalue weighted by atomic mass is 9.97. The van der Waals surface area contributed by atoms with Crippen LogP contribution in [0.4, 0.5) is 17.1 Å². The molecule has 0 aromatic heterocycles. The first-order chi connectivity index (χ1) is 32.5. The van der Waals surface area contributed by atoms with E-state index in [-0.39, 0.29) is 5.69 Å². The van der Waals surface area contributed by atoms with Crippen LogP contribution >= 0.6 is 0 Å². The van der Waals surface area contributed by atoms with Gasteiger partial charge >= 0.3 is 0 Å². The highest BCUT2D eigenvalue weighted by Gasteiger charge is 2.15. The normalized spacial score (nSPS) is 17.5. The summed E-state index contributed by atoms with van der Waals surface area (Å²) in [6.45, 7) is 0. The zero-order chi connectivity index (χ0) is 50.6. The molecule has 47 heavy (non-hydrogen) atoms. The van der Waals surface area contributed by atoms with Crippen LogP contribution in [-0.4, -0.2) is 0 Å². The molecule has 0 aliphatic carbocycles. The third-order valence-corrected chi connectivity index (χ3v) is 7.25. The van der Waals surface area contributed by atoms with Crippen LogP contribution in [0.25, 0.3) is 55.3 Å². The third-order valence-electron chi connectivity index (χ3n) is 7.25. The van der Waals surface area contributed by atoms with E-state index in [0.29, 0.717) is 11.1 Å². The van der Waals surface area contributed by atoms with E-state index in [1.807, 2.05) is 42.5 Å². The first-order valence-corrected chi connectivity index (χ1v) is 14.3. The van der Waals surface area contributed by atoms with Gasteiger partial charge in [-0.1, -0.05) is 163 Å². The van der Waals surface area contributed by atoms with Crippen LogP contribution in [0.15, 0.2) is 200 Å². The first-order valence-electron chi connectivity index (χ1n) is 25.3. The number of nitrogens with zero attached hydrogens (tertiary/aromatic N) is 1. The summed E-state index contributed by atoms with van der Waals surface area (Å²) in [7, 11) is 0. The van der Waals surface area contributed by atoms with Crippen molar-refractivity contribution in [2.24, 2.45) is 0 Å². The van der Waals surface area contributed by atoms with Crippen molar-refractivity contribution in [3.63, 3.8) is 0 Å². The maximum absolute atomic E-state index is 9.49. The van der Waals surface area contributed by atoms with Crippen LogP contribution in [-0.2, 0) is 0 Å². The van der Waals surface area contributed by atoms with Crippen LogP contribution in [0.5, 0.6) is 0 Å². The van der Waals surface area contributed by atoms with Crippen LogP contribution < -0.4 is 4.90 Å². The zero-order valence-electron chi connectivity index (χ0n) is 46.3. The number of hydrogen-bond acceptors (Lipinski definition) is 1. The van der Waals surface area contributed by atoms with Crippen molar-refractivity contribution in [1.82, 2.24) is 0 Å². The van der Waals surface area contributed by atoms with Crippen LogP contribution in [0.3, 0.4) is 0 Å². The van der Waals surface area contributed by atoms with Crippen LogP contribution in [0.2, 0.25) is 0 Å². The topological polar surface area (TPSA) is 3.24 Å². The Hall–Kier alpha value is -6.18. The summed E-state index contributed by atoms with van der Waals surface area (Å²) in [4.78, 5) is 0.960. The molecule has 1 heteroatoms. The monoisotopic (exact) mass is 621 g/mol. The molecule has 0 radical (unpaired) electrons. The van der Waals surface area contributed by atoms with Crippen molar-refractivity contribution < 1.29 is 30.2 Å². The molecule has 0 atom stereocenters. The Balaban J connectivity index is 1.44. The highest BCUT2D eigenvalue weighted by molar-refractivity contribution is 5.97. The summed E-state index contributed by atoms with van der Waals surface area (Å²) in [6.07, 6.45) is 0. The highest BCUT2D eigenvalue weighted by atomic mass is 15.1. The minimum absolute atomic E-state index is 0.0161. The highest BCUT2D eigenvalue weighted by Crippen LogP contribution is 2.39. The maximum atomic E-state index is 9.49. The predicted octanol–water partition coefficient (Wildman–Crippen LogP) is 13.0. The van der Waals surface area contributed by atoms with Gasteiger partial charge in [-0.2, -0.15) is 0 Å². The number of hydrogen-bond donors (Lipinski definition) is 0. The Morgan fingerprint density at radius 1 is 0.340 bits per heavy atom. The molecule has 0 N–H and O–H groups in total. The largest absolute Gasteiger partial charge is 0.310 e. The van der Waals surface area contributed by atoms with E-state index >= 15 is 0 Å². The fraction of sp³-hybridized carbons (Fsp3) is 0. The van der Waals surface area contributed by atoms with Gasteiger partial charge in [-0.3, -0.25) is 0 Å². The van der Waals surface area contributed by atoms with Crippen molar-refractivity contribution >= 4 is 27.8 Å². The minimum Gasteiger partial charge on any atom is -0.310 e. The van der Waals surface area contributed by atoms with E-state index in [0.717, 1.165) is 15.7 Å². The van der Waals surface area contributed by atoms with Crippen molar-refractivity contribution in [2.75, 3.05) is 4.90 Å². The third kappa shape index (κ3) is 5.83. The van der Waals surface area contributed by atoms with Crippen molar-refractivity contribution in [2.45, 2.75) is 0 Å². The lowest BCUT2D eigenvalue weighted by Gasteiger charge is -2.26. The van der Waals surface area contributed by atoms with E-state index in [2.05, 4.69) is 0 Å². The van der Waals surface area contributed by atoms with Gasteiger partial charge in [0.25, 0.3) is 0 Å². The molecular weight excluding hydrogens is 567 g/mol. The van der Waals surface area contributed by atoms with E-state index in [9.17, 15) is 11.0 Å². The average Bonchev–Trinajstić information content (AvgIpc) is 3.34. The predicted molar refractivity (Wildman–Crippen MR) is 200 cm³/mol. The summed E-state index contributed by atoms with van der Waals surface area (Å²) in [5, 5.41) is 1.67. The molecule has 0 amide bonds. The summed E-state index contributed by atoms with van der Waals surface area (Å²) in [5.41, 5.74) is -4.17. The molecule has 0 saturated carbocycles. The Morgan fingerprint density at radius 2 is 0.787 bits per heavy atom. The second kappa shape index (κ2) is 12.7. The molecule has 0 heterocycles. The quantitative estimate of drug-likeness (QED) is 0.171. The minimum atomic E-state index is -0.941. The first kappa shape index (κ1) is 13.3. The fourth-order valence-electron chi connectivity index (χ4n) is 5.06. The number of fused-ring (bicyclic) bond motifs is 1. The van der Waals surface area contributed by atoms with Crippen LogP contribution in [0, 0.1) is 0 Å². The molecule has 0 aliphatic heterocycles. The van der Waals surface area contributed by atoms with Gasteiger partial charge in [-0.05, 0) is 91.6 Å². The Morgan fingerprint density at radius 3 is 1.34 bits per heavy atom. The van der Waals surface area contributed by atoms with E-state index in [1.54, 1.807) is 18.2 Å². The standard InChI is InChI=1S/C46H33N/c1-3-11-34(12-4-1)36-21-23-37(24-22-36)39-27-31-43(32-28-39)47(42-29-25-38(26-30-42)35-13-5-2-6-14-35)44-18-9-17-41(33-44)46-20-10-16-40-15-7-8-19-45(40)46/h1-33H/i1D,2D,3D,4D,5D,6D,11D,12D,13D,14D,21D,22D,23D,24D,25D,26D,27D,28D,29D,30D,31D,32D. The van der Waals surface area contributed by atoms with E-state index in [4.69, 9.17) is 19.2 Å². The maximum Gasteiger partial charge on any atom is 0.0645 e. The van der Waals surface area contributed by atoms with E-state index in [1.165, 1.54) is 6.07 Å². The lowest BCUT2D eigenvalue weighted by Crippen LogP contribution is -2.10. The summed E-state index contributed by atoms with van der Waals surface area (Å²) in [5.74, 6) is 0. The second-order valence-corrected chi connectivity index (χ2v) is 10.1. The average molecular weight is 622 g/mol. The van der Waals surface area contributed by atoms with E-state index < -0.39 is 178 Å². The zero-order valence-corrected chi connectivity index (χ0v) is 24.3. The van der Waals surface area contributed by atoms with Crippen molar-refractivity contribution in [1.29, 1.82) is 0 Å². The molecule has 0 spiro atoms. The van der Waals surface area contributed by atoms with Gasteiger partial charge in [-0.15, -0.1) is 0 Å². The smallest absolute Gasteiger partial charge is 0.0645 e. The second-order valence-electron chi connectivity index (χ2n) is 10.1. The van der Waals surface area contributed by atoms with Gasteiger partial charge in [0.2, 0.25) is 0 Å². The van der Waals surface area contributed by atoms with Crippen molar-refractivity contribution in [3.05, 3.63) is 200 Å². The Bertz CT molecular complexity index is 3400. The van der Waals surface area contributed by atoms with Gasteiger partial charge < -0.3 is 4.90 Å².